The summed E-state index contributed by atoms with van der Waals surface area (Å²) in [5.74, 6) is -1.01. The highest BCUT2D eigenvalue weighted by molar-refractivity contribution is 5.95. The number of carbonyl (C=O) groups excluding carboxylic acids is 1. The number of pyridine rings is 1. The van der Waals surface area contributed by atoms with E-state index in [1.54, 1.807) is 0 Å². The average molecular weight is 553 g/mol. The van der Waals surface area contributed by atoms with Gasteiger partial charge in [-0.05, 0) is 67.9 Å². The number of aryl methyl sites for hydroxylation is 1. The molecular weight excluding hydrogens is 524 g/mol. The molecule has 12 heteroatoms. The fourth-order valence-electron chi connectivity index (χ4n) is 3.62. The van der Waals surface area contributed by atoms with Crippen LogP contribution in [0.4, 0.5) is 17.6 Å². The number of aliphatic hydroxyl groups excluding tert-OH is 1. The van der Waals surface area contributed by atoms with Crippen LogP contribution in [0.2, 0.25) is 0 Å². The number of halogens is 4. The highest BCUT2D eigenvalue weighted by Crippen LogP contribution is 2.40. The molecule has 0 aliphatic carbocycles. The Bertz CT molecular complexity index is 1330. The van der Waals surface area contributed by atoms with Gasteiger partial charge in [-0.15, -0.1) is 0 Å². The van der Waals surface area contributed by atoms with E-state index >= 15 is 0 Å². The predicted molar refractivity (Wildman–Crippen MR) is 133 cm³/mol. The number of nitrogens with zero attached hydrogens (tertiary/aromatic N) is 1. The van der Waals surface area contributed by atoms with Gasteiger partial charge in [0.15, 0.2) is 11.5 Å². The van der Waals surface area contributed by atoms with Crippen molar-refractivity contribution in [1.29, 1.82) is 0 Å². The van der Waals surface area contributed by atoms with E-state index in [4.69, 9.17) is 14.2 Å². The van der Waals surface area contributed by atoms with Crippen molar-refractivity contribution in [2.24, 2.45) is 0 Å². The minimum atomic E-state index is -5.24. The van der Waals surface area contributed by atoms with Gasteiger partial charge in [-0.25, -0.2) is 9.37 Å². The largest absolute Gasteiger partial charge is 0.494 e. The summed E-state index contributed by atoms with van der Waals surface area (Å²) in [6, 6.07) is 9.91. The summed E-state index contributed by atoms with van der Waals surface area (Å²) in [6.07, 6.45) is -6.01. The molecule has 2 atom stereocenters. The maximum absolute atomic E-state index is 14.2. The van der Waals surface area contributed by atoms with E-state index in [2.05, 4.69) is 10.3 Å². The summed E-state index contributed by atoms with van der Waals surface area (Å²) in [6.45, 7) is 1.68. The van der Waals surface area contributed by atoms with Gasteiger partial charge < -0.3 is 29.7 Å². The normalized spacial score (nSPS) is 13.8. The molecule has 1 aromatic heterocycles. The molecule has 210 valence electrons. The molecule has 0 saturated carbocycles. The Morgan fingerprint density at radius 2 is 1.69 bits per heavy atom. The van der Waals surface area contributed by atoms with Gasteiger partial charge in [-0.1, -0.05) is 0 Å². The van der Waals surface area contributed by atoms with Crippen molar-refractivity contribution < 1.29 is 46.8 Å². The molecule has 1 amide bonds. The zero-order chi connectivity index (χ0) is 29.0. The smallest absolute Gasteiger partial charge is 0.424 e. The second-order valence-corrected chi connectivity index (χ2v) is 8.78. The minimum absolute atomic E-state index is 0.0468. The zero-order valence-corrected chi connectivity index (χ0v) is 21.6. The summed E-state index contributed by atoms with van der Waals surface area (Å²) in [5.41, 5.74) is -3.99. The SMILES string of the molecule is COc1cc(C(=O)NCC(O)(c2ccc(OC)c(-c3ccc(F)c(C)c3)n2)C(F)(F)F)ccc1OCC(C)O. The third-order valence-corrected chi connectivity index (χ3v) is 5.81. The summed E-state index contributed by atoms with van der Waals surface area (Å²) in [4.78, 5) is 16.8. The lowest BCUT2D eigenvalue weighted by molar-refractivity contribution is -0.265. The zero-order valence-electron chi connectivity index (χ0n) is 21.6. The van der Waals surface area contributed by atoms with Crippen molar-refractivity contribution in [3.8, 4) is 28.5 Å². The first-order chi connectivity index (χ1) is 18.3. The maximum Gasteiger partial charge on any atom is 0.424 e. The van der Waals surface area contributed by atoms with Crippen LogP contribution >= 0.6 is 0 Å². The number of aromatic nitrogens is 1. The van der Waals surface area contributed by atoms with Crippen LogP contribution in [0.25, 0.3) is 11.3 Å². The summed E-state index contributed by atoms with van der Waals surface area (Å²) < 4.78 is 72.2. The summed E-state index contributed by atoms with van der Waals surface area (Å²) in [7, 11) is 2.60. The molecule has 3 aromatic rings. The number of ether oxygens (including phenoxy) is 3. The number of amides is 1. The van der Waals surface area contributed by atoms with Crippen LogP contribution in [0.15, 0.2) is 48.5 Å². The molecule has 0 bridgehead atoms. The Morgan fingerprint density at radius 3 is 2.28 bits per heavy atom. The standard InChI is InChI=1S/C27H28F4N2O6/c1-15-11-17(5-7-19(15)28)24-21(37-3)9-10-23(33-24)26(36,27(29,30)31)14-32-25(35)18-6-8-20(22(12-18)38-4)39-13-16(2)34/h5-12,16,34,36H,13-14H2,1-4H3,(H,32,35). The Labute approximate surface area is 222 Å². The molecule has 0 fully saturated rings. The van der Waals surface area contributed by atoms with Crippen LogP contribution in [-0.4, -0.2) is 60.8 Å². The third-order valence-electron chi connectivity index (χ3n) is 5.81. The lowest BCUT2D eigenvalue weighted by Gasteiger charge is -2.30. The Kier molecular flexibility index (Phi) is 9.03. The number of aliphatic hydroxyl groups is 2. The summed E-state index contributed by atoms with van der Waals surface area (Å²) >= 11 is 0. The average Bonchev–Trinajstić information content (AvgIpc) is 2.90. The van der Waals surface area contributed by atoms with E-state index in [1.807, 2.05) is 0 Å². The number of methoxy groups -OCH3 is 2. The molecule has 0 aliphatic rings. The monoisotopic (exact) mass is 552 g/mol. The van der Waals surface area contributed by atoms with Crippen LogP contribution in [0, 0.1) is 12.7 Å². The lowest BCUT2D eigenvalue weighted by Crippen LogP contribution is -2.51. The predicted octanol–water partition coefficient (Wildman–Crippen LogP) is 4.15. The number of rotatable bonds is 10. The van der Waals surface area contributed by atoms with E-state index in [9.17, 15) is 32.6 Å². The van der Waals surface area contributed by atoms with Gasteiger partial charge in [0.05, 0.1) is 32.6 Å². The van der Waals surface area contributed by atoms with Crippen LogP contribution in [0.1, 0.15) is 28.5 Å². The van der Waals surface area contributed by atoms with E-state index in [0.717, 1.165) is 12.1 Å². The molecule has 2 aromatic carbocycles. The number of carbonyl (C=O) groups is 1. The first-order valence-corrected chi connectivity index (χ1v) is 11.7. The van der Waals surface area contributed by atoms with Crippen molar-refractivity contribution >= 4 is 5.91 Å². The molecule has 0 spiro atoms. The quantitative estimate of drug-likeness (QED) is 0.324. The molecule has 0 radical (unpaired) electrons. The first-order valence-electron chi connectivity index (χ1n) is 11.7. The van der Waals surface area contributed by atoms with Gasteiger partial charge in [-0.3, -0.25) is 4.79 Å². The molecule has 39 heavy (non-hydrogen) atoms. The van der Waals surface area contributed by atoms with E-state index < -0.39 is 41.8 Å². The molecule has 2 unspecified atom stereocenters. The number of nitrogens with one attached hydrogen (secondary N) is 1. The highest BCUT2D eigenvalue weighted by atomic mass is 19.4. The van der Waals surface area contributed by atoms with Crippen LogP contribution in [-0.2, 0) is 5.60 Å². The molecule has 3 N–H and O–H groups in total. The Balaban J connectivity index is 1.93. The van der Waals surface area contributed by atoms with Gasteiger partial charge in [0.2, 0.25) is 5.60 Å². The van der Waals surface area contributed by atoms with Crippen LogP contribution in [0.3, 0.4) is 0 Å². The van der Waals surface area contributed by atoms with Crippen molar-refractivity contribution in [3.63, 3.8) is 0 Å². The molecule has 0 saturated heterocycles. The molecule has 1 heterocycles. The second kappa shape index (κ2) is 11.9. The van der Waals surface area contributed by atoms with E-state index in [1.165, 1.54) is 64.5 Å². The second-order valence-electron chi connectivity index (χ2n) is 8.78. The number of hydrogen-bond donors (Lipinski definition) is 3. The van der Waals surface area contributed by atoms with E-state index in [-0.39, 0.29) is 46.2 Å². The van der Waals surface area contributed by atoms with Gasteiger partial charge in [-0.2, -0.15) is 13.2 Å². The van der Waals surface area contributed by atoms with Gasteiger partial charge in [0.25, 0.3) is 5.91 Å². The van der Waals surface area contributed by atoms with Gasteiger partial charge >= 0.3 is 6.18 Å². The fourth-order valence-corrected chi connectivity index (χ4v) is 3.62. The molecule has 3 rings (SSSR count). The minimum Gasteiger partial charge on any atom is -0.494 e. The Morgan fingerprint density at radius 1 is 1.03 bits per heavy atom. The molecule has 0 aliphatic heterocycles. The summed E-state index contributed by atoms with van der Waals surface area (Å²) in [5, 5.41) is 22.3. The lowest BCUT2D eigenvalue weighted by atomic mass is 9.96. The van der Waals surface area contributed by atoms with Crippen molar-refractivity contribution in [1.82, 2.24) is 10.3 Å². The fraction of sp³-hybridized carbons (Fsp3) is 0.333. The molecular formula is C27H28F4N2O6. The first kappa shape index (κ1) is 29.7. The maximum atomic E-state index is 14.2. The topological polar surface area (TPSA) is 110 Å². The Hall–Kier alpha value is -3.90. The third kappa shape index (κ3) is 6.58. The number of hydrogen-bond acceptors (Lipinski definition) is 7. The molecule has 8 nitrogen and oxygen atoms in total. The highest BCUT2D eigenvalue weighted by Gasteiger charge is 2.56. The van der Waals surface area contributed by atoms with Crippen LogP contribution < -0.4 is 19.5 Å². The van der Waals surface area contributed by atoms with Crippen molar-refractivity contribution in [2.45, 2.75) is 31.7 Å². The number of benzene rings is 2. The van der Waals surface area contributed by atoms with Crippen molar-refractivity contribution in [2.75, 3.05) is 27.4 Å². The van der Waals surface area contributed by atoms with Crippen LogP contribution in [0.5, 0.6) is 17.2 Å². The van der Waals surface area contributed by atoms with E-state index in [0.29, 0.717) is 0 Å². The van der Waals surface area contributed by atoms with Crippen molar-refractivity contribution in [3.05, 3.63) is 71.2 Å². The van der Waals surface area contributed by atoms with Gasteiger partial charge in [0.1, 0.15) is 23.9 Å². The number of alkyl halides is 3. The van der Waals surface area contributed by atoms with Gasteiger partial charge in [0, 0.05) is 11.1 Å².